The number of nitrogens with zero attached hydrogens (tertiary/aromatic N) is 2. The number of benzene rings is 1. The van der Waals surface area contributed by atoms with Gasteiger partial charge < -0.3 is 9.84 Å². The number of ether oxygens (including phenoxy) is 1. The Hall–Kier alpha value is -0.940. The zero-order valence-electron chi connectivity index (χ0n) is 17.9. The van der Waals surface area contributed by atoms with Gasteiger partial charge in [-0.15, -0.1) is 0 Å². The van der Waals surface area contributed by atoms with Crippen LogP contribution in [0.5, 0.6) is 0 Å². The largest absolute Gasteiger partial charge is 0.389 e. The Morgan fingerprint density at radius 2 is 1.75 bits per heavy atom. The summed E-state index contributed by atoms with van der Waals surface area (Å²) < 4.78 is 6.37. The summed E-state index contributed by atoms with van der Waals surface area (Å²) in [5.41, 5.74) is 1.94. The fourth-order valence-corrected chi connectivity index (χ4v) is 6.20. The molecule has 28 heavy (non-hydrogen) atoms. The second kappa shape index (κ2) is 8.06. The van der Waals surface area contributed by atoms with E-state index in [4.69, 9.17) is 4.74 Å². The molecule has 2 bridgehead atoms. The molecule has 1 aliphatic heterocycles. The zero-order valence-corrected chi connectivity index (χ0v) is 17.9. The number of fused-ring (bicyclic) bond motifs is 2. The minimum atomic E-state index is -0.390. The van der Waals surface area contributed by atoms with Crippen LogP contribution in [0.25, 0.3) is 0 Å². The minimum absolute atomic E-state index is 0.246. The van der Waals surface area contributed by atoms with E-state index in [0.717, 1.165) is 45.2 Å². The Morgan fingerprint density at radius 1 is 1.07 bits per heavy atom. The van der Waals surface area contributed by atoms with Crippen molar-refractivity contribution in [1.82, 2.24) is 9.80 Å². The van der Waals surface area contributed by atoms with E-state index in [2.05, 4.69) is 60.9 Å². The predicted octanol–water partition coefficient (Wildman–Crippen LogP) is 3.40. The molecule has 1 aromatic carbocycles. The van der Waals surface area contributed by atoms with Gasteiger partial charge in [-0.25, -0.2) is 0 Å². The first-order valence-electron chi connectivity index (χ1n) is 11.2. The lowest BCUT2D eigenvalue weighted by Gasteiger charge is -2.43. The summed E-state index contributed by atoms with van der Waals surface area (Å²) in [7, 11) is 0. The van der Waals surface area contributed by atoms with Gasteiger partial charge in [0.1, 0.15) is 0 Å². The lowest BCUT2D eigenvalue weighted by molar-refractivity contribution is -0.114. The Kier molecular flexibility index (Phi) is 5.85. The van der Waals surface area contributed by atoms with Crippen molar-refractivity contribution in [3.8, 4) is 0 Å². The molecule has 0 unspecified atom stereocenters. The van der Waals surface area contributed by atoms with E-state index >= 15 is 0 Å². The molecule has 156 valence electrons. The maximum absolute atomic E-state index is 10.6. The number of piperazine rings is 1. The first-order valence-corrected chi connectivity index (χ1v) is 11.2. The van der Waals surface area contributed by atoms with E-state index in [0.29, 0.717) is 12.0 Å². The molecule has 1 heterocycles. The minimum Gasteiger partial charge on any atom is -0.389 e. The number of β-amino-alcohol motifs (C(OH)–C–C–N with tert-alkyl or cyclic N) is 1. The summed E-state index contributed by atoms with van der Waals surface area (Å²) in [6.07, 6.45) is 3.82. The first kappa shape index (κ1) is 20.3. The van der Waals surface area contributed by atoms with Gasteiger partial charge in [-0.1, -0.05) is 51.1 Å². The highest BCUT2D eigenvalue weighted by atomic mass is 16.5. The third-order valence-corrected chi connectivity index (χ3v) is 7.78. The summed E-state index contributed by atoms with van der Waals surface area (Å²) in [6.45, 7) is 13.5. The third kappa shape index (κ3) is 4.16. The van der Waals surface area contributed by atoms with E-state index in [1.54, 1.807) is 0 Å². The molecule has 0 spiro atoms. The van der Waals surface area contributed by atoms with Gasteiger partial charge in [-0.2, -0.15) is 0 Å². The Labute approximate surface area is 170 Å². The standard InChI is InChI=1S/C24H38N2O2/c1-23(2)20-9-10-24(3,15-20)22(23)28-18-21(27)17-26-13-11-25(12-14-26)16-19-7-5-4-6-8-19/h4-8,20-22,27H,9-18H2,1-3H3/t20-,21-,22-,24+/m0/s1. The molecule has 1 aromatic rings. The van der Waals surface area contributed by atoms with Gasteiger partial charge in [0.05, 0.1) is 18.8 Å². The quantitative estimate of drug-likeness (QED) is 0.779. The Bertz CT molecular complexity index is 637. The molecule has 1 saturated heterocycles. The molecule has 4 heteroatoms. The number of aliphatic hydroxyl groups excluding tert-OH is 1. The number of hydrogen-bond acceptors (Lipinski definition) is 4. The summed E-state index contributed by atoms with van der Waals surface area (Å²) in [5, 5.41) is 10.6. The lowest BCUT2D eigenvalue weighted by Crippen LogP contribution is -2.49. The normalized spacial score (nSPS) is 34.0. The van der Waals surface area contributed by atoms with Crippen LogP contribution in [0.3, 0.4) is 0 Å². The molecule has 2 aliphatic carbocycles. The van der Waals surface area contributed by atoms with E-state index in [-0.39, 0.29) is 17.6 Å². The van der Waals surface area contributed by atoms with Gasteiger partial charge in [0.2, 0.25) is 0 Å². The maximum Gasteiger partial charge on any atom is 0.0900 e. The van der Waals surface area contributed by atoms with E-state index in [1.165, 1.54) is 24.8 Å². The molecule has 1 N–H and O–H groups in total. The zero-order chi connectivity index (χ0) is 19.8. The van der Waals surface area contributed by atoms with Gasteiger partial charge in [-0.05, 0) is 41.6 Å². The molecule has 0 radical (unpaired) electrons. The highest BCUT2D eigenvalue weighted by Crippen LogP contribution is 2.63. The second-order valence-corrected chi connectivity index (χ2v) is 10.3. The summed E-state index contributed by atoms with van der Waals surface area (Å²) in [5.74, 6) is 0.789. The van der Waals surface area contributed by atoms with Crippen LogP contribution < -0.4 is 0 Å². The van der Waals surface area contributed by atoms with Gasteiger partial charge >= 0.3 is 0 Å². The van der Waals surface area contributed by atoms with E-state index in [1.807, 2.05) is 0 Å². The Morgan fingerprint density at radius 3 is 2.39 bits per heavy atom. The Balaban J connectivity index is 1.20. The highest BCUT2D eigenvalue weighted by Gasteiger charge is 2.60. The summed E-state index contributed by atoms with van der Waals surface area (Å²) >= 11 is 0. The molecule has 4 atom stereocenters. The smallest absolute Gasteiger partial charge is 0.0900 e. The molecular formula is C24H38N2O2. The number of rotatable bonds is 7. The van der Waals surface area contributed by atoms with Crippen LogP contribution in [-0.2, 0) is 11.3 Å². The topological polar surface area (TPSA) is 35.9 Å². The van der Waals surface area contributed by atoms with Crippen LogP contribution >= 0.6 is 0 Å². The van der Waals surface area contributed by atoms with Crippen molar-refractivity contribution in [1.29, 1.82) is 0 Å². The number of hydrogen-bond donors (Lipinski definition) is 1. The van der Waals surface area contributed by atoms with Crippen molar-refractivity contribution in [3.05, 3.63) is 35.9 Å². The van der Waals surface area contributed by atoms with Crippen LogP contribution in [0.2, 0.25) is 0 Å². The van der Waals surface area contributed by atoms with Crippen LogP contribution in [0, 0.1) is 16.7 Å². The average molecular weight is 387 g/mol. The first-order chi connectivity index (χ1) is 13.4. The number of aliphatic hydroxyl groups is 1. The van der Waals surface area contributed by atoms with Crippen molar-refractivity contribution in [2.24, 2.45) is 16.7 Å². The predicted molar refractivity (Wildman–Crippen MR) is 113 cm³/mol. The maximum atomic E-state index is 10.6. The SMILES string of the molecule is CC1(C)[C@H]2CC[C@](C)(C2)[C@H]1OC[C@@H](O)CN1CCN(Cc2ccccc2)CC1. The van der Waals surface area contributed by atoms with E-state index in [9.17, 15) is 5.11 Å². The van der Waals surface area contributed by atoms with Crippen molar-refractivity contribution < 1.29 is 9.84 Å². The fraction of sp³-hybridized carbons (Fsp3) is 0.750. The molecule has 0 aromatic heterocycles. The lowest BCUT2D eigenvalue weighted by atomic mass is 9.70. The molecule has 2 saturated carbocycles. The van der Waals surface area contributed by atoms with Crippen LogP contribution in [0.15, 0.2) is 30.3 Å². The molecular weight excluding hydrogens is 348 g/mol. The van der Waals surface area contributed by atoms with Gasteiger partial charge in [0.15, 0.2) is 0 Å². The van der Waals surface area contributed by atoms with Gasteiger partial charge in [-0.3, -0.25) is 9.80 Å². The van der Waals surface area contributed by atoms with Crippen molar-refractivity contribution in [3.63, 3.8) is 0 Å². The average Bonchev–Trinajstić information content (AvgIpc) is 3.15. The van der Waals surface area contributed by atoms with Crippen molar-refractivity contribution >= 4 is 0 Å². The van der Waals surface area contributed by atoms with Crippen molar-refractivity contribution in [2.45, 2.75) is 58.8 Å². The molecule has 4 rings (SSSR count). The molecule has 3 aliphatic rings. The molecule has 4 nitrogen and oxygen atoms in total. The van der Waals surface area contributed by atoms with Crippen LogP contribution in [0.1, 0.15) is 45.6 Å². The summed E-state index contributed by atoms with van der Waals surface area (Å²) in [4.78, 5) is 4.90. The second-order valence-electron chi connectivity index (χ2n) is 10.3. The van der Waals surface area contributed by atoms with Crippen molar-refractivity contribution in [2.75, 3.05) is 39.3 Å². The third-order valence-electron chi connectivity index (χ3n) is 7.78. The van der Waals surface area contributed by atoms with Gasteiger partial charge in [0.25, 0.3) is 0 Å². The monoisotopic (exact) mass is 386 g/mol. The van der Waals surface area contributed by atoms with Crippen LogP contribution in [-0.4, -0.2) is 66.4 Å². The highest BCUT2D eigenvalue weighted by molar-refractivity contribution is 5.14. The molecule has 3 fully saturated rings. The summed E-state index contributed by atoms with van der Waals surface area (Å²) in [6, 6.07) is 10.7. The van der Waals surface area contributed by atoms with Gasteiger partial charge in [0, 0.05) is 39.3 Å². The molecule has 0 amide bonds. The fourth-order valence-electron chi connectivity index (χ4n) is 6.20. The van der Waals surface area contributed by atoms with E-state index < -0.39 is 0 Å². The van der Waals surface area contributed by atoms with Crippen LogP contribution in [0.4, 0.5) is 0 Å².